The highest BCUT2D eigenvalue weighted by Crippen LogP contribution is 2.27. The number of carbonyl (C=O) groups excluding carboxylic acids is 2. The highest BCUT2D eigenvalue weighted by molar-refractivity contribution is 7.22. The summed E-state index contributed by atoms with van der Waals surface area (Å²) in [6.07, 6.45) is 0.175. The van der Waals surface area contributed by atoms with E-state index in [2.05, 4.69) is 15.6 Å². The number of anilines is 1. The molecule has 0 aliphatic rings. The van der Waals surface area contributed by atoms with Crippen LogP contribution in [0.2, 0.25) is 5.02 Å². The Labute approximate surface area is 154 Å². The van der Waals surface area contributed by atoms with Gasteiger partial charge in [0.2, 0.25) is 5.91 Å². The minimum atomic E-state index is -0.236. The molecule has 0 aliphatic heterocycles. The van der Waals surface area contributed by atoms with E-state index < -0.39 is 0 Å². The molecule has 2 aromatic carbocycles. The minimum Gasteiger partial charge on any atom is -0.352 e. The summed E-state index contributed by atoms with van der Waals surface area (Å²) >= 11 is 7.22. The van der Waals surface area contributed by atoms with Gasteiger partial charge in [0, 0.05) is 23.6 Å². The fraction of sp³-hybridized carbons (Fsp3) is 0.167. The zero-order chi connectivity index (χ0) is 17.8. The number of nitrogens with one attached hydrogen (secondary N) is 2. The molecule has 5 nitrogen and oxygen atoms in total. The number of aryl methyl sites for hydroxylation is 1. The van der Waals surface area contributed by atoms with E-state index in [9.17, 15) is 9.59 Å². The molecule has 0 unspecified atom stereocenters. The van der Waals surface area contributed by atoms with Gasteiger partial charge in [0.15, 0.2) is 5.13 Å². The van der Waals surface area contributed by atoms with Crippen molar-refractivity contribution in [1.29, 1.82) is 0 Å². The smallest absolute Gasteiger partial charge is 0.251 e. The molecule has 0 radical (unpaired) electrons. The summed E-state index contributed by atoms with van der Waals surface area (Å²) in [4.78, 5) is 28.4. The first-order valence-corrected chi connectivity index (χ1v) is 8.92. The van der Waals surface area contributed by atoms with Crippen molar-refractivity contribution >= 4 is 50.1 Å². The molecule has 2 amide bonds. The monoisotopic (exact) mass is 373 g/mol. The predicted molar refractivity (Wildman–Crippen MR) is 101 cm³/mol. The third kappa shape index (κ3) is 4.35. The normalized spacial score (nSPS) is 10.6. The van der Waals surface area contributed by atoms with Crippen molar-refractivity contribution in [2.75, 3.05) is 11.9 Å². The lowest BCUT2D eigenvalue weighted by molar-refractivity contribution is -0.116. The molecular formula is C18H16ClN3O2S. The average molecular weight is 374 g/mol. The van der Waals surface area contributed by atoms with Gasteiger partial charge in [0.05, 0.1) is 10.2 Å². The number of aromatic nitrogens is 1. The topological polar surface area (TPSA) is 71.1 Å². The van der Waals surface area contributed by atoms with Crippen LogP contribution in [-0.2, 0) is 4.79 Å². The molecule has 1 heterocycles. The molecule has 3 rings (SSSR count). The van der Waals surface area contributed by atoms with Crippen molar-refractivity contribution < 1.29 is 9.59 Å². The van der Waals surface area contributed by atoms with E-state index in [0.717, 1.165) is 15.8 Å². The van der Waals surface area contributed by atoms with Gasteiger partial charge in [-0.3, -0.25) is 9.59 Å². The maximum absolute atomic E-state index is 12.0. The first-order chi connectivity index (χ1) is 12.0. The Bertz CT molecular complexity index is 922. The summed E-state index contributed by atoms with van der Waals surface area (Å²) in [5.74, 6) is -0.423. The Morgan fingerprint density at radius 3 is 2.64 bits per heavy atom. The highest BCUT2D eigenvalue weighted by atomic mass is 35.5. The van der Waals surface area contributed by atoms with Gasteiger partial charge in [-0.1, -0.05) is 35.1 Å². The van der Waals surface area contributed by atoms with Gasteiger partial charge in [-0.05, 0) is 42.8 Å². The number of amides is 2. The molecule has 0 saturated heterocycles. The van der Waals surface area contributed by atoms with Crippen LogP contribution in [0.25, 0.3) is 10.2 Å². The molecule has 0 atom stereocenters. The Hall–Kier alpha value is -2.44. The fourth-order valence-corrected chi connectivity index (χ4v) is 3.40. The number of nitrogens with zero attached hydrogens (tertiary/aromatic N) is 1. The summed E-state index contributed by atoms with van der Waals surface area (Å²) in [6.45, 7) is 2.23. The van der Waals surface area contributed by atoms with Crippen molar-refractivity contribution in [3.8, 4) is 0 Å². The number of para-hydroxylation sites is 1. The van der Waals surface area contributed by atoms with Gasteiger partial charge in [0.1, 0.15) is 0 Å². The zero-order valence-corrected chi connectivity index (χ0v) is 15.1. The van der Waals surface area contributed by atoms with E-state index >= 15 is 0 Å². The second-order valence-corrected chi connectivity index (χ2v) is 6.97. The Morgan fingerprint density at radius 2 is 1.92 bits per heavy atom. The molecule has 0 aliphatic carbocycles. The molecule has 128 valence electrons. The largest absolute Gasteiger partial charge is 0.352 e. The van der Waals surface area contributed by atoms with E-state index in [4.69, 9.17) is 11.6 Å². The van der Waals surface area contributed by atoms with E-state index in [0.29, 0.717) is 15.7 Å². The van der Waals surface area contributed by atoms with E-state index in [1.54, 1.807) is 24.3 Å². The van der Waals surface area contributed by atoms with Gasteiger partial charge in [-0.2, -0.15) is 0 Å². The van der Waals surface area contributed by atoms with Gasteiger partial charge < -0.3 is 10.6 Å². The molecule has 7 heteroatoms. The number of benzene rings is 2. The zero-order valence-electron chi connectivity index (χ0n) is 13.5. The SMILES string of the molecule is Cc1cccc2sc(NC(=O)CCNC(=O)c3ccc(Cl)cc3)nc12. The lowest BCUT2D eigenvalue weighted by atomic mass is 10.2. The summed E-state index contributed by atoms with van der Waals surface area (Å²) in [5.41, 5.74) is 2.48. The summed E-state index contributed by atoms with van der Waals surface area (Å²) in [6, 6.07) is 12.5. The average Bonchev–Trinajstić information content (AvgIpc) is 2.99. The van der Waals surface area contributed by atoms with Gasteiger partial charge in [0.25, 0.3) is 5.91 Å². The number of halogens is 1. The molecule has 1 aromatic heterocycles. The Morgan fingerprint density at radius 1 is 1.16 bits per heavy atom. The molecule has 2 N–H and O–H groups in total. The molecular weight excluding hydrogens is 358 g/mol. The van der Waals surface area contributed by atoms with Crippen molar-refractivity contribution in [3.05, 3.63) is 58.6 Å². The lowest BCUT2D eigenvalue weighted by Gasteiger charge is -2.05. The first kappa shape index (κ1) is 17.4. The fourth-order valence-electron chi connectivity index (χ4n) is 2.31. The molecule has 0 spiro atoms. The Kier molecular flexibility index (Phi) is 5.31. The van der Waals surface area contributed by atoms with Crippen molar-refractivity contribution in [2.45, 2.75) is 13.3 Å². The first-order valence-electron chi connectivity index (χ1n) is 7.73. The number of fused-ring (bicyclic) bond motifs is 1. The van der Waals surface area contributed by atoms with Crippen LogP contribution in [0.5, 0.6) is 0 Å². The predicted octanol–water partition coefficient (Wildman–Crippen LogP) is 4.02. The van der Waals surface area contributed by atoms with Crippen LogP contribution in [-0.4, -0.2) is 23.3 Å². The molecule has 0 saturated carbocycles. The van der Waals surface area contributed by atoms with Crippen LogP contribution >= 0.6 is 22.9 Å². The molecule has 3 aromatic rings. The van der Waals surface area contributed by atoms with Crippen LogP contribution in [0.4, 0.5) is 5.13 Å². The molecule has 0 fully saturated rings. The van der Waals surface area contributed by atoms with Crippen molar-refractivity contribution in [1.82, 2.24) is 10.3 Å². The molecule has 0 bridgehead atoms. The molecule has 25 heavy (non-hydrogen) atoms. The van der Waals surface area contributed by atoms with Crippen LogP contribution in [0, 0.1) is 6.92 Å². The number of hydrogen-bond donors (Lipinski definition) is 2. The number of carbonyl (C=O) groups is 2. The van der Waals surface area contributed by atoms with Crippen molar-refractivity contribution in [2.24, 2.45) is 0 Å². The summed E-state index contributed by atoms with van der Waals surface area (Å²) in [7, 11) is 0. The summed E-state index contributed by atoms with van der Waals surface area (Å²) < 4.78 is 1.03. The number of thiazole rings is 1. The number of rotatable bonds is 5. The Balaban J connectivity index is 1.51. The van der Waals surface area contributed by atoms with Crippen LogP contribution < -0.4 is 10.6 Å². The van der Waals surface area contributed by atoms with Crippen LogP contribution in [0.15, 0.2) is 42.5 Å². The van der Waals surface area contributed by atoms with E-state index in [1.165, 1.54) is 11.3 Å². The maximum Gasteiger partial charge on any atom is 0.251 e. The number of hydrogen-bond acceptors (Lipinski definition) is 4. The van der Waals surface area contributed by atoms with E-state index in [-0.39, 0.29) is 24.8 Å². The highest BCUT2D eigenvalue weighted by Gasteiger charge is 2.10. The van der Waals surface area contributed by atoms with Crippen molar-refractivity contribution in [3.63, 3.8) is 0 Å². The third-order valence-electron chi connectivity index (χ3n) is 3.61. The van der Waals surface area contributed by atoms with Crippen LogP contribution in [0.3, 0.4) is 0 Å². The van der Waals surface area contributed by atoms with Crippen LogP contribution in [0.1, 0.15) is 22.3 Å². The lowest BCUT2D eigenvalue weighted by Crippen LogP contribution is -2.27. The second kappa shape index (κ2) is 7.63. The maximum atomic E-state index is 12.0. The third-order valence-corrected chi connectivity index (χ3v) is 4.80. The quantitative estimate of drug-likeness (QED) is 0.709. The van der Waals surface area contributed by atoms with E-state index in [1.807, 2.05) is 25.1 Å². The van der Waals surface area contributed by atoms with Gasteiger partial charge in [-0.15, -0.1) is 0 Å². The summed E-state index contributed by atoms with van der Waals surface area (Å²) in [5, 5.41) is 6.63. The second-order valence-electron chi connectivity index (χ2n) is 5.50. The standard InChI is InChI=1S/C18H16ClN3O2S/c1-11-3-2-4-14-16(11)22-18(25-14)21-15(23)9-10-20-17(24)12-5-7-13(19)8-6-12/h2-8H,9-10H2,1H3,(H,20,24)(H,21,22,23). The van der Waals surface area contributed by atoms with Gasteiger partial charge >= 0.3 is 0 Å². The van der Waals surface area contributed by atoms with Gasteiger partial charge in [-0.25, -0.2) is 4.98 Å². The minimum absolute atomic E-state index is 0.175.